The monoisotopic (exact) mass is 413 g/mol. The molecule has 0 amide bonds. The van der Waals surface area contributed by atoms with E-state index in [1.165, 1.54) is 19.3 Å². The predicted octanol–water partition coefficient (Wildman–Crippen LogP) is 5.98. The standard InChI is InChI=1S/C26H39NO3/c1-14(2)6-7-16(11-23(3,4)5)22(28)30-25-13-17-12-24(17)20-18(25)8-15-9-19(25)21(20)26(24,10-15)27-29/h14-21H,6-13H2,1-5H3. The summed E-state index contributed by atoms with van der Waals surface area (Å²) < 4.78 is 6.74. The smallest absolute Gasteiger partial charge is 0.309 e. The molecule has 166 valence electrons. The van der Waals surface area contributed by atoms with Crippen LogP contribution in [-0.4, -0.2) is 17.1 Å². The van der Waals surface area contributed by atoms with Gasteiger partial charge in [0.1, 0.15) is 11.1 Å². The molecule has 6 saturated carbocycles. The van der Waals surface area contributed by atoms with E-state index in [0.717, 1.165) is 32.1 Å². The molecule has 0 N–H and O–H groups in total. The van der Waals surface area contributed by atoms with Crippen LogP contribution < -0.4 is 0 Å². The number of carbonyl (C=O) groups is 1. The first-order valence-corrected chi connectivity index (χ1v) is 12.7. The van der Waals surface area contributed by atoms with Crippen LogP contribution in [0, 0.1) is 63.1 Å². The lowest BCUT2D eigenvalue weighted by molar-refractivity contribution is -0.189. The Bertz CT molecular complexity index is 801. The molecule has 0 aromatic heterocycles. The van der Waals surface area contributed by atoms with Crippen LogP contribution in [0.3, 0.4) is 0 Å². The maximum Gasteiger partial charge on any atom is 0.309 e. The molecule has 5 bridgehead atoms. The van der Waals surface area contributed by atoms with E-state index < -0.39 is 0 Å². The van der Waals surface area contributed by atoms with Crippen molar-refractivity contribution in [3.8, 4) is 0 Å². The molecule has 6 aliphatic rings. The molecule has 10 atom stereocenters. The summed E-state index contributed by atoms with van der Waals surface area (Å²) in [5.74, 6) is 3.83. The van der Waals surface area contributed by atoms with E-state index in [9.17, 15) is 9.70 Å². The zero-order chi connectivity index (χ0) is 21.3. The molecule has 30 heavy (non-hydrogen) atoms. The van der Waals surface area contributed by atoms with Crippen molar-refractivity contribution >= 4 is 5.97 Å². The van der Waals surface area contributed by atoms with Crippen LogP contribution in [0.15, 0.2) is 5.18 Å². The molecule has 0 radical (unpaired) electrons. The van der Waals surface area contributed by atoms with Crippen LogP contribution in [0.25, 0.3) is 0 Å². The lowest BCUT2D eigenvalue weighted by Crippen LogP contribution is -2.65. The first-order chi connectivity index (χ1) is 14.1. The van der Waals surface area contributed by atoms with Gasteiger partial charge in [0.2, 0.25) is 0 Å². The summed E-state index contributed by atoms with van der Waals surface area (Å²) in [7, 11) is 0. The summed E-state index contributed by atoms with van der Waals surface area (Å²) in [6, 6.07) is 0. The highest BCUT2D eigenvalue weighted by molar-refractivity contribution is 5.73. The van der Waals surface area contributed by atoms with E-state index >= 15 is 0 Å². The molecule has 4 nitrogen and oxygen atoms in total. The summed E-state index contributed by atoms with van der Waals surface area (Å²) in [6.07, 6.45) is 8.48. The molecule has 0 heterocycles. The maximum atomic E-state index is 13.7. The van der Waals surface area contributed by atoms with Gasteiger partial charge in [0.25, 0.3) is 0 Å². The number of hydrogen-bond acceptors (Lipinski definition) is 4. The fraction of sp³-hybridized carbons (Fsp3) is 0.962. The van der Waals surface area contributed by atoms with Gasteiger partial charge in [0, 0.05) is 17.3 Å². The van der Waals surface area contributed by atoms with Gasteiger partial charge < -0.3 is 4.74 Å². The molecule has 6 aliphatic carbocycles. The second-order valence-electron chi connectivity index (χ2n) is 13.8. The summed E-state index contributed by atoms with van der Waals surface area (Å²) in [5, 5.41) is 3.91. The Hall–Kier alpha value is -0.930. The zero-order valence-corrected chi connectivity index (χ0v) is 19.4. The highest BCUT2D eigenvalue weighted by atomic mass is 16.6. The molecule has 0 saturated heterocycles. The Morgan fingerprint density at radius 3 is 2.40 bits per heavy atom. The predicted molar refractivity (Wildman–Crippen MR) is 115 cm³/mol. The van der Waals surface area contributed by atoms with Crippen LogP contribution in [0.5, 0.6) is 0 Å². The maximum absolute atomic E-state index is 13.7. The fourth-order valence-electron chi connectivity index (χ4n) is 10.1. The largest absolute Gasteiger partial charge is 0.458 e. The van der Waals surface area contributed by atoms with E-state index in [-0.39, 0.29) is 33.9 Å². The van der Waals surface area contributed by atoms with Gasteiger partial charge in [-0.25, -0.2) is 0 Å². The number of nitrogens with zero attached hydrogens (tertiary/aromatic N) is 1. The fourth-order valence-corrected chi connectivity index (χ4v) is 10.1. The second kappa shape index (κ2) is 5.70. The second-order valence-corrected chi connectivity index (χ2v) is 13.8. The lowest BCUT2D eigenvalue weighted by atomic mass is 9.44. The summed E-state index contributed by atoms with van der Waals surface area (Å²) in [4.78, 5) is 25.9. The lowest BCUT2D eigenvalue weighted by Gasteiger charge is -2.60. The SMILES string of the molecule is CC(C)CCC(CC(C)(C)C)C(=O)OC12CC3CC34C3C1CC1CC2C3C4(N=O)C1. The van der Waals surface area contributed by atoms with Gasteiger partial charge in [0.15, 0.2) is 0 Å². The van der Waals surface area contributed by atoms with E-state index in [1.54, 1.807) is 0 Å². The molecular weight excluding hydrogens is 374 g/mol. The number of rotatable bonds is 7. The van der Waals surface area contributed by atoms with Gasteiger partial charge in [-0.15, -0.1) is 0 Å². The van der Waals surface area contributed by atoms with Crippen LogP contribution in [0.2, 0.25) is 0 Å². The van der Waals surface area contributed by atoms with E-state index in [0.29, 0.717) is 41.4 Å². The molecule has 4 heteroatoms. The van der Waals surface area contributed by atoms with E-state index in [2.05, 4.69) is 39.8 Å². The highest BCUT2D eigenvalue weighted by Gasteiger charge is 2.96. The van der Waals surface area contributed by atoms with Crippen molar-refractivity contribution in [2.24, 2.45) is 63.4 Å². The topological polar surface area (TPSA) is 55.7 Å². The van der Waals surface area contributed by atoms with Crippen molar-refractivity contribution < 1.29 is 9.53 Å². The third kappa shape index (κ3) is 2.12. The third-order valence-electron chi connectivity index (χ3n) is 10.7. The Morgan fingerprint density at radius 1 is 1.07 bits per heavy atom. The average molecular weight is 414 g/mol. The van der Waals surface area contributed by atoms with Gasteiger partial charge >= 0.3 is 5.97 Å². The van der Waals surface area contributed by atoms with Crippen molar-refractivity contribution in [2.75, 3.05) is 0 Å². The van der Waals surface area contributed by atoms with Crippen molar-refractivity contribution in [3.05, 3.63) is 4.91 Å². The van der Waals surface area contributed by atoms with Crippen molar-refractivity contribution in [1.29, 1.82) is 0 Å². The molecule has 6 rings (SSSR count). The number of hydrogen-bond donors (Lipinski definition) is 0. The Labute approximate surface area is 181 Å². The number of nitroso groups, excluding NO2 is 1. The van der Waals surface area contributed by atoms with Crippen LogP contribution in [0.1, 0.15) is 86.0 Å². The minimum Gasteiger partial charge on any atom is -0.458 e. The number of fused-ring (bicyclic) bond motifs is 1. The normalized spacial score (nSPS) is 52.1. The summed E-state index contributed by atoms with van der Waals surface area (Å²) in [6.45, 7) is 11.2. The first-order valence-electron chi connectivity index (χ1n) is 12.7. The van der Waals surface area contributed by atoms with Gasteiger partial charge in [0.05, 0.1) is 5.92 Å². The van der Waals surface area contributed by atoms with Gasteiger partial charge in [-0.1, -0.05) is 46.2 Å². The Kier molecular flexibility index (Phi) is 3.75. The minimum absolute atomic E-state index is 0.000619. The van der Waals surface area contributed by atoms with E-state index in [1.807, 2.05) is 0 Å². The van der Waals surface area contributed by atoms with Crippen molar-refractivity contribution in [1.82, 2.24) is 0 Å². The van der Waals surface area contributed by atoms with Crippen molar-refractivity contribution in [2.45, 2.75) is 97.1 Å². The molecule has 0 aromatic carbocycles. The van der Waals surface area contributed by atoms with Crippen molar-refractivity contribution in [3.63, 3.8) is 0 Å². The zero-order valence-electron chi connectivity index (χ0n) is 19.4. The first kappa shape index (κ1) is 19.7. The molecule has 1 spiro atoms. The molecule has 10 unspecified atom stereocenters. The molecule has 6 fully saturated rings. The van der Waals surface area contributed by atoms with Gasteiger partial charge in [-0.3, -0.25) is 4.79 Å². The van der Waals surface area contributed by atoms with Gasteiger partial charge in [-0.2, -0.15) is 4.91 Å². The molecule has 0 aliphatic heterocycles. The highest BCUT2D eigenvalue weighted by Crippen LogP contribution is 2.94. The quantitative estimate of drug-likeness (QED) is 0.381. The van der Waals surface area contributed by atoms with Crippen LogP contribution in [-0.2, 0) is 9.53 Å². The number of ether oxygens (including phenoxy) is 1. The average Bonchev–Trinajstić information content (AvgIpc) is 3.40. The van der Waals surface area contributed by atoms with Gasteiger partial charge in [-0.05, 0) is 80.0 Å². The third-order valence-corrected chi connectivity index (χ3v) is 10.7. The minimum atomic E-state index is -0.294. The summed E-state index contributed by atoms with van der Waals surface area (Å²) in [5.41, 5.74) is -0.229. The molecule has 0 aromatic rings. The Morgan fingerprint density at radius 2 is 1.77 bits per heavy atom. The van der Waals surface area contributed by atoms with Crippen LogP contribution in [0.4, 0.5) is 0 Å². The van der Waals surface area contributed by atoms with Crippen LogP contribution >= 0.6 is 0 Å². The summed E-state index contributed by atoms with van der Waals surface area (Å²) >= 11 is 0. The van der Waals surface area contributed by atoms with E-state index in [4.69, 9.17) is 4.74 Å². The number of esters is 1. The molecular formula is C26H39NO3. The number of carbonyl (C=O) groups excluding carboxylic acids is 1. The Balaban J connectivity index is 1.30.